The second-order valence-corrected chi connectivity index (χ2v) is 6.00. The second kappa shape index (κ2) is 7.27. The number of Topliss-reactive ketones (excluding diaryl/α,β-unsaturated/α-hetero) is 1. The molecule has 0 amide bonds. The molecule has 0 aliphatic heterocycles. The van der Waals surface area contributed by atoms with Crippen LogP contribution in [-0.4, -0.2) is 32.7 Å². The van der Waals surface area contributed by atoms with Gasteiger partial charge in [-0.1, -0.05) is 0 Å². The maximum Gasteiger partial charge on any atom is 0.166 e. The van der Waals surface area contributed by atoms with Crippen LogP contribution < -0.4 is 9.47 Å². The van der Waals surface area contributed by atoms with Gasteiger partial charge in [0.05, 0.1) is 25.9 Å². The van der Waals surface area contributed by atoms with Crippen LogP contribution in [0.25, 0.3) is 0 Å². The molecule has 4 nitrogen and oxygen atoms in total. The number of carbonyl (C=O) groups is 1. The van der Waals surface area contributed by atoms with Crippen molar-refractivity contribution in [3.63, 3.8) is 0 Å². The van der Waals surface area contributed by atoms with Crippen molar-refractivity contribution >= 4 is 21.7 Å². The predicted octanol–water partition coefficient (Wildman–Crippen LogP) is 3.85. The summed E-state index contributed by atoms with van der Waals surface area (Å²) in [5.74, 6) is 1.72. The molecule has 0 heterocycles. The first-order valence-corrected chi connectivity index (χ1v) is 7.95. The van der Waals surface area contributed by atoms with Gasteiger partial charge in [0.15, 0.2) is 5.78 Å². The molecule has 5 heteroatoms. The van der Waals surface area contributed by atoms with Crippen LogP contribution in [0.4, 0.5) is 0 Å². The Morgan fingerprint density at radius 1 is 1.29 bits per heavy atom. The number of halogens is 1. The molecule has 116 valence electrons. The van der Waals surface area contributed by atoms with Gasteiger partial charge in [-0.05, 0) is 53.7 Å². The largest absolute Gasteiger partial charge is 0.495 e. The topological polar surface area (TPSA) is 44.8 Å². The number of benzene rings is 1. The number of ketones is 1. The van der Waals surface area contributed by atoms with Crippen LogP contribution in [-0.2, 0) is 4.74 Å². The highest BCUT2D eigenvalue weighted by Gasteiger charge is 2.32. The fourth-order valence-corrected chi connectivity index (χ4v) is 3.37. The zero-order chi connectivity index (χ0) is 15.4. The molecule has 0 N–H and O–H groups in total. The minimum Gasteiger partial charge on any atom is -0.495 e. The zero-order valence-electron chi connectivity index (χ0n) is 12.6. The monoisotopic (exact) mass is 356 g/mol. The van der Waals surface area contributed by atoms with Gasteiger partial charge in [-0.15, -0.1) is 0 Å². The second-order valence-electron chi connectivity index (χ2n) is 5.20. The minimum atomic E-state index is 0.107. The molecule has 2 rings (SSSR count). The minimum absolute atomic E-state index is 0.107. The van der Waals surface area contributed by atoms with Gasteiger partial charge in [0.1, 0.15) is 16.0 Å². The quantitative estimate of drug-likeness (QED) is 0.696. The lowest BCUT2D eigenvalue weighted by Crippen LogP contribution is -2.32. The molecular weight excluding hydrogens is 336 g/mol. The van der Waals surface area contributed by atoms with Crippen molar-refractivity contribution in [2.45, 2.75) is 32.3 Å². The first kappa shape index (κ1) is 16.3. The van der Waals surface area contributed by atoms with Crippen molar-refractivity contribution in [3.05, 3.63) is 22.2 Å². The summed E-state index contributed by atoms with van der Waals surface area (Å²) < 4.78 is 16.8. The third kappa shape index (κ3) is 3.58. The van der Waals surface area contributed by atoms with Gasteiger partial charge in [0.2, 0.25) is 0 Å². The van der Waals surface area contributed by atoms with E-state index in [1.807, 2.05) is 6.92 Å². The van der Waals surface area contributed by atoms with Crippen molar-refractivity contribution < 1.29 is 19.0 Å². The molecule has 1 aliphatic rings. The van der Waals surface area contributed by atoms with Crippen LogP contribution in [0, 0.1) is 5.92 Å². The van der Waals surface area contributed by atoms with E-state index in [1.165, 1.54) is 0 Å². The summed E-state index contributed by atoms with van der Waals surface area (Å²) in [6, 6.07) is 3.55. The molecule has 0 saturated heterocycles. The standard InChI is InChI=1S/C16H21BrO4/c1-4-21-11-7-10(8-11)9-13(18)12-5-6-14(19-2)15(17)16(12)20-3/h5-6,10-11H,4,7-9H2,1-3H3. The van der Waals surface area contributed by atoms with Gasteiger partial charge in [0, 0.05) is 13.0 Å². The molecule has 0 unspecified atom stereocenters. The van der Waals surface area contributed by atoms with E-state index in [4.69, 9.17) is 14.2 Å². The number of ether oxygens (including phenoxy) is 3. The Kier molecular flexibility index (Phi) is 5.65. The summed E-state index contributed by atoms with van der Waals surface area (Å²) >= 11 is 3.43. The summed E-state index contributed by atoms with van der Waals surface area (Å²) in [7, 11) is 3.15. The third-order valence-electron chi connectivity index (χ3n) is 3.86. The molecule has 1 aromatic carbocycles. The molecule has 0 aromatic heterocycles. The predicted molar refractivity (Wildman–Crippen MR) is 84.3 cm³/mol. The lowest BCUT2D eigenvalue weighted by molar-refractivity contribution is -0.0246. The van der Waals surface area contributed by atoms with Gasteiger partial charge >= 0.3 is 0 Å². The number of rotatable bonds is 7. The normalized spacial score (nSPS) is 20.8. The van der Waals surface area contributed by atoms with Crippen LogP contribution in [0.2, 0.25) is 0 Å². The zero-order valence-corrected chi connectivity index (χ0v) is 14.2. The number of methoxy groups -OCH3 is 2. The Morgan fingerprint density at radius 2 is 2.00 bits per heavy atom. The third-order valence-corrected chi connectivity index (χ3v) is 4.61. The molecule has 21 heavy (non-hydrogen) atoms. The van der Waals surface area contributed by atoms with Gasteiger partial charge in [-0.2, -0.15) is 0 Å². The highest BCUT2D eigenvalue weighted by atomic mass is 79.9. The van der Waals surface area contributed by atoms with Crippen LogP contribution in [0.1, 0.15) is 36.5 Å². The highest BCUT2D eigenvalue weighted by molar-refractivity contribution is 9.10. The molecule has 1 aromatic rings. The number of hydrogen-bond acceptors (Lipinski definition) is 4. The summed E-state index contributed by atoms with van der Waals surface area (Å²) in [6.45, 7) is 2.74. The van der Waals surface area contributed by atoms with Crippen LogP contribution in [0.15, 0.2) is 16.6 Å². The first-order valence-electron chi connectivity index (χ1n) is 7.15. The highest BCUT2D eigenvalue weighted by Crippen LogP contribution is 2.39. The molecule has 0 spiro atoms. The van der Waals surface area contributed by atoms with E-state index in [0.29, 0.717) is 40.0 Å². The van der Waals surface area contributed by atoms with Crippen LogP contribution >= 0.6 is 15.9 Å². The van der Waals surface area contributed by atoms with Crippen molar-refractivity contribution in [1.82, 2.24) is 0 Å². The smallest absolute Gasteiger partial charge is 0.166 e. The van der Waals surface area contributed by atoms with E-state index in [9.17, 15) is 4.79 Å². The summed E-state index contributed by atoms with van der Waals surface area (Å²) in [4.78, 5) is 12.5. The average molecular weight is 357 g/mol. The maximum absolute atomic E-state index is 12.5. The molecule has 1 saturated carbocycles. The van der Waals surface area contributed by atoms with Gasteiger partial charge in [-0.3, -0.25) is 4.79 Å². The average Bonchev–Trinajstić information content (AvgIpc) is 2.44. The van der Waals surface area contributed by atoms with Crippen molar-refractivity contribution in [3.8, 4) is 11.5 Å². The Bertz CT molecular complexity index is 509. The molecule has 1 fully saturated rings. The molecule has 1 aliphatic carbocycles. The summed E-state index contributed by atoms with van der Waals surface area (Å²) in [5, 5.41) is 0. The lowest BCUT2D eigenvalue weighted by atomic mass is 9.78. The van der Waals surface area contributed by atoms with E-state index in [1.54, 1.807) is 26.4 Å². The number of carbonyl (C=O) groups excluding carboxylic acids is 1. The van der Waals surface area contributed by atoms with Gasteiger partial charge in [0.25, 0.3) is 0 Å². The molecular formula is C16H21BrO4. The fraction of sp³-hybridized carbons (Fsp3) is 0.562. The summed E-state index contributed by atoms with van der Waals surface area (Å²) in [5.41, 5.74) is 0.602. The van der Waals surface area contributed by atoms with Crippen LogP contribution in [0.3, 0.4) is 0 Å². The Balaban J connectivity index is 2.05. The van der Waals surface area contributed by atoms with Crippen molar-refractivity contribution in [2.75, 3.05) is 20.8 Å². The molecule has 0 atom stereocenters. The fourth-order valence-electron chi connectivity index (χ4n) is 2.70. The Hall–Kier alpha value is -1.07. The van der Waals surface area contributed by atoms with Crippen molar-refractivity contribution in [1.29, 1.82) is 0 Å². The first-order chi connectivity index (χ1) is 10.1. The van der Waals surface area contributed by atoms with Gasteiger partial charge < -0.3 is 14.2 Å². The van der Waals surface area contributed by atoms with Crippen LogP contribution in [0.5, 0.6) is 11.5 Å². The van der Waals surface area contributed by atoms with E-state index in [-0.39, 0.29) is 5.78 Å². The van der Waals surface area contributed by atoms with Gasteiger partial charge in [-0.25, -0.2) is 0 Å². The van der Waals surface area contributed by atoms with E-state index in [2.05, 4.69) is 15.9 Å². The molecule has 0 radical (unpaired) electrons. The maximum atomic E-state index is 12.5. The summed E-state index contributed by atoms with van der Waals surface area (Å²) in [6.07, 6.45) is 2.81. The van der Waals surface area contributed by atoms with E-state index >= 15 is 0 Å². The van der Waals surface area contributed by atoms with Crippen molar-refractivity contribution in [2.24, 2.45) is 5.92 Å². The Labute approximate surface area is 133 Å². The molecule has 0 bridgehead atoms. The van der Waals surface area contributed by atoms with E-state index in [0.717, 1.165) is 19.4 Å². The SMILES string of the molecule is CCOC1CC(CC(=O)c2ccc(OC)c(Br)c2OC)C1. The van der Waals surface area contributed by atoms with E-state index < -0.39 is 0 Å². The number of hydrogen-bond donors (Lipinski definition) is 0. The Morgan fingerprint density at radius 3 is 2.57 bits per heavy atom. The lowest BCUT2D eigenvalue weighted by Gasteiger charge is -2.34.